The van der Waals surface area contributed by atoms with Crippen LogP contribution in [0, 0.1) is 5.92 Å². The van der Waals surface area contributed by atoms with Gasteiger partial charge in [-0.05, 0) is 37.1 Å². The zero-order valence-electron chi connectivity index (χ0n) is 8.03. The molecule has 0 atom stereocenters. The molecule has 1 aromatic carbocycles. The lowest BCUT2D eigenvalue weighted by atomic mass is 10.3. The van der Waals surface area contributed by atoms with Gasteiger partial charge in [-0.1, -0.05) is 11.6 Å². The predicted molar refractivity (Wildman–Crippen MR) is 58.7 cm³/mol. The number of hydrogen-bond donors (Lipinski definition) is 0. The van der Waals surface area contributed by atoms with E-state index < -0.39 is 0 Å². The molecule has 1 aromatic rings. The third-order valence-corrected chi connectivity index (χ3v) is 2.62. The summed E-state index contributed by atoms with van der Waals surface area (Å²) in [5, 5.41) is 0.732. The molecule has 2 nitrogen and oxygen atoms in total. The largest absolute Gasteiger partial charge is 0.497 e. The van der Waals surface area contributed by atoms with E-state index in [9.17, 15) is 0 Å². The van der Waals surface area contributed by atoms with E-state index in [0.717, 1.165) is 16.6 Å². The summed E-state index contributed by atoms with van der Waals surface area (Å²) in [6.45, 7) is 0. The van der Waals surface area contributed by atoms with Crippen molar-refractivity contribution in [1.29, 1.82) is 0 Å². The third kappa shape index (κ3) is 2.26. The molecule has 0 radical (unpaired) electrons. The molecule has 0 unspecified atom stereocenters. The van der Waals surface area contributed by atoms with Crippen LogP contribution in [0.2, 0.25) is 0 Å². The van der Waals surface area contributed by atoms with Crippen molar-refractivity contribution in [3.63, 3.8) is 0 Å². The van der Waals surface area contributed by atoms with Crippen molar-refractivity contribution < 1.29 is 4.74 Å². The Morgan fingerprint density at radius 2 is 2.00 bits per heavy atom. The summed E-state index contributed by atoms with van der Waals surface area (Å²) in [5.41, 5.74) is 0.891. The Kier molecular flexibility index (Phi) is 2.73. The van der Waals surface area contributed by atoms with Crippen LogP contribution in [-0.2, 0) is 0 Å². The number of nitrogens with zero attached hydrogens (tertiary/aromatic N) is 1. The molecule has 74 valence electrons. The minimum absolute atomic E-state index is 0.513. The molecule has 1 aliphatic rings. The molecule has 0 spiro atoms. The smallest absolute Gasteiger partial charge is 0.119 e. The van der Waals surface area contributed by atoms with Crippen LogP contribution in [0.25, 0.3) is 0 Å². The topological polar surface area (TPSA) is 21.6 Å². The lowest BCUT2D eigenvalue weighted by molar-refractivity contribution is 0.415. The molecule has 0 saturated heterocycles. The minimum Gasteiger partial charge on any atom is -0.497 e. The summed E-state index contributed by atoms with van der Waals surface area (Å²) in [4.78, 5) is 4.32. The number of benzene rings is 1. The van der Waals surface area contributed by atoms with Crippen LogP contribution >= 0.6 is 11.6 Å². The molecule has 3 heteroatoms. The predicted octanol–water partition coefficient (Wildman–Crippen LogP) is 3.37. The first-order valence-corrected chi connectivity index (χ1v) is 5.05. The van der Waals surface area contributed by atoms with Crippen LogP contribution in [0.1, 0.15) is 12.8 Å². The zero-order chi connectivity index (χ0) is 9.97. The maximum absolute atomic E-state index is 6.01. The molecule has 14 heavy (non-hydrogen) atoms. The van der Waals surface area contributed by atoms with Gasteiger partial charge in [-0.2, -0.15) is 0 Å². The van der Waals surface area contributed by atoms with E-state index in [-0.39, 0.29) is 0 Å². The Bertz CT molecular complexity index is 341. The highest BCUT2D eigenvalue weighted by atomic mass is 35.5. The van der Waals surface area contributed by atoms with Gasteiger partial charge in [0.25, 0.3) is 0 Å². The van der Waals surface area contributed by atoms with Crippen LogP contribution in [0.15, 0.2) is 29.3 Å². The van der Waals surface area contributed by atoms with Crippen molar-refractivity contribution in [2.45, 2.75) is 12.8 Å². The first-order valence-electron chi connectivity index (χ1n) is 4.68. The molecule has 0 heterocycles. The quantitative estimate of drug-likeness (QED) is 0.700. The lowest BCUT2D eigenvalue weighted by Crippen LogP contribution is -1.87. The van der Waals surface area contributed by atoms with Gasteiger partial charge in [0, 0.05) is 5.92 Å². The summed E-state index contributed by atoms with van der Waals surface area (Å²) in [7, 11) is 1.65. The Morgan fingerprint density at radius 3 is 2.50 bits per heavy atom. The first kappa shape index (κ1) is 9.53. The molecular weight excluding hydrogens is 198 g/mol. The Hall–Kier alpha value is -1.02. The fourth-order valence-electron chi connectivity index (χ4n) is 1.19. The van der Waals surface area contributed by atoms with Gasteiger partial charge in [-0.25, -0.2) is 4.99 Å². The maximum Gasteiger partial charge on any atom is 0.119 e. The summed E-state index contributed by atoms with van der Waals surface area (Å²) in [6, 6.07) is 7.58. The second-order valence-electron chi connectivity index (χ2n) is 3.41. The molecule has 1 saturated carbocycles. The third-order valence-electron chi connectivity index (χ3n) is 2.22. The average molecular weight is 210 g/mol. The molecular formula is C11H12ClNO. The normalized spacial score (nSPS) is 16.9. The van der Waals surface area contributed by atoms with Crippen molar-refractivity contribution in [2.24, 2.45) is 10.9 Å². The average Bonchev–Trinajstić information content (AvgIpc) is 3.02. The van der Waals surface area contributed by atoms with E-state index in [2.05, 4.69) is 4.99 Å². The number of hydrogen-bond acceptors (Lipinski definition) is 2. The van der Waals surface area contributed by atoms with Gasteiger partial charge >= 0.3 is 0 Å². The van der Waals surface area contributed by atoms with E-state index in [4.69, 9.17) is 16.3 Å². The SMILES string of the molecule is COc1ccc(N=C(Cl)C2CC2)cc1. The molecule has 0 N–H and O–H groups in total. The van der Waals surface area contributed by atoms with E-state index in [1.807, 2.05) is 24.3 Å². The van der Waals surface area contributed by atoms with Crippen LogP contribution in [-0.4, -0.2) is 12.3 Å². The molecule has 1 fully saturated rings. The number of ether oxygens (including phenoxy) is 1. The fourth-order valence-corrected chi connectivity index (χ4v) is 1.51. The molecule has 1 aliphatic carbocycles. The van der Waals surface area contributed by atoms with Gasteiger partial charge in [0.1, 0.15) is 10.9 Å². The van der Waals surface area contributed by atoms with Crippen LogP contribution < -0.4 is 4.74 Å². The highest BCUT2D eigenvalue weighted by molar-refractivity contribution is 6.66. The molecule has 0 aliphatic heterocycles. The van der Waals surface area contributed by atoms with Crippen molar-refractivity contribution in [1.82, 2.24) is 0 Å². The van der Waals surface area contributed by atoms with Gasteiger partial charge in [0.15, 0.2) is 0 Å². The second-order valence-corrected chi connectivity index (χ2v) is 3.79. The number of methoxy groups -OCH3 is 1. The number of aliphatic imine (C=N–C) groups is 1. The Morgan fingerprint density at radius 1 is 1.36 bits per heavy atom. The highest BCUT2D eigenvalue weighted by Gasteiger charge is 2.26. The lowest BCUT2D eigenvalue weighted by Gasteiger charge is -1.99. The molecule has 0 aromatic heterocycles. The molecule has 0 bridgehead atoms. The van der Waals surface area contributed by atoms with Gasteiger partial charge in [0.05, 0.1) is 12.8 Å². The van der Waals surface area contributed by atoms with Crippen LogP contribution in [0.4, 0.5) is 5.69 Å². The fraction of sp³-hybridized carbons (Fsp3) is 0.364. The number of rotatable bonds is 3. The summed E-state index contributed by atoms with van der Waals surface area (Å²) in [5.74, 6) is 1.35. The van der Waals surface area contributed by atoms with Crippen molar-refractivity contribution in [3.8, 4) is 5.75 Å². The van der Waals surface area contributed by atoms with Crippen molar-refractivity contribution in [2.75, 3.05) is 7.11 Å². The summed E-state index contributed by atoms with van der Waals surface area (Å²) in [6.07, 6.45) is 2.36. The summed E-state index contributed by atoms with van der Waals surface area (Å²) < 4.78 is 5.05. The molecule has 2 rings (SSSR count). The Balaban J connectivity index is 2.12. The van der Waals surface area contributed by atoms with Crippen LogP contribution in [0.3, 0.4) is 0 Å². The van der Waals surface area contributed by atoms with Gasteiger partial charge in [0.2, 0.25) is 0 Å². The van der Waals surface area contributed by atoms with Gasteiger partial charge in [-0.15, -0.1) is 0 Å². The van der Waals surface area contributed by atoms with E-state index in [1.54, 1.807) is 7.11 Å². The van der Waals surface area contributed by atoms with Crippen LogP contribution in [0.5, 0.6) is 5.75 Å². The second kappa shape index (κ2) is 4.01. The Labute approximate surface area is 88.6 Å². The van der Waals surface area contributed by atoms with Gasteiger partial charge < -0.3 is 4.74 Å². The van der Waals surface area contributed by atoms with E-state index >= 15 is 0 Å². The van der Waals surface area contributed by atoms with Crippen molar-refractivity contribution in [3.05, 3.63) is 24.3 Å². The van der Waals surface area contributed by atoms with Gasteiger partial charge in [-0.3, -0.25) is 0 Å². The maximum atomic E-state index is 6.01. The highest BCUT2D eigenvalue weighted by Crippen LogP contribution is 2.33. The monoisotopic (exact) mass is 209 g/mol. The minimum atomic E-state index is 0.513. The standard InChI is InChI=1S/C11H12ClNO/c1-14-10-6-4-9(5-7-10)13-11(12)8-2-3-8/h4-8H,2-3H2,1H3. The number of halogens is 1. The van der Waals surface area contributed by atoms with E-state index in [0.29, 0.717) is 5.92 Å². The molecule has 0 amide bonds. The van der Waals surface area contributed by atoms with Crippen molar-refractivity contribution >= 4 is 22.5 Å². The summed E-state index contributed by atoms with van der Waals surface area (Å²) >= 11 is 6.01. The zero-order valence-corrected chi connectivity index (χ0v) is 8.79. The van der Waals surface area contributed by atoms with E-state index in [1.165, 1.54) is 12.8 Å². The first-order chi connectivity index (χ1) is 6.79.